The van der Waals surface area contributed by atoms with E-state index in [-0.39, 0.29) is 12.5 Å². The molecule has 3 rings (SSSR count). The molecule has 0 bridgehead atoms. The number of hydrogen-bond acceptors (Lipinski definition) is 4. The number of nitrogens with zero attached hydrogens (tertiary/aromatic N) is 1. The first-order chi connectivity index (χ1) is 9.91. The van der Waals surface area contributed by atoms with Crippen molar-refractivity contribution >= 4 is 31.4 Å². The van der Waals surface area contributed by atoms with Crippen molar-refractivity contribution in [3.05, 3.63) is 29.1 Å². The molecule has 1 aromatic heterocycles. The topological polar surface area (TPSA) is 57.6 Å². The monoisotopic (exact) mass is 325 g/mol. The van der Waals surface area contributed by atoms with E-state index in [1.165, 1.54) is 15.6 Å². The molecule has 0 aliphatic heterocycles. The van der Waals surface area contributed by atoms with Gasteiger partial charge in [-0.3, -0.25) is 0 Å². The van der Waals surface area contributed by atoms with Crippen molar-refractivity contribution in [3.8, 4) is 0 Å². The highest BCUT2D eigenvalue weighted by Crippen LogP contribution is 2.37. The summed E-state index contributed by atoms with van der Waals surface area (Å²) in [7, 11) is -2.02. The molecule has 4 nitrogen and oxygen atoms in total. The van der Waals surface area contributed by atoms with Crippen molar-refractivity contribution in [2.45, 2.75) is 30.8 Å². The zero-order chi connectivity index (χ0) is 15.2. The lowest BCUT2D eigenvalue weighted by atomic mass is 10.2. The number of aryl methyl sites for hydroxylation is 1. The van der Waals surface area contributed by atoms with Crippen molar-refractivity contribution in [3.63, 3.8) is 0 Å². The van der Waals surface area contributed by atoms with Gasteiger partial charge in [0, 0.05) is 28.6 Å². The van der Waals surface area contributed by atoms with E-state index in [2.05, 4.69) is 0 Å². The average Bonchev–Trinajstić information content (AvgIpc) is 3.20. The summed E-state index contributed by atoms with van der Waals surface area (Å²) >= 11 is 1.49. The van der Waals surface area contributed by atoms with Crippen LogP contribution < -0.4 is 0 Å². The predicted octanol–water partition coefficient (Wildman–Crippen LogP) is 2.60. The summed E-state index contributed by atoms with van der Waals surface area (Å²) in [5.74, 6) is 0.267. The smallest absolute Gasteiger partial charge is 0.244 e. The molecule has 1 aromatic carbocycles. The van der Waals surface area contributed by atoms with Crippen molar-refractivity contribution in [2.75, 3.05) is 13.6 Å². The lowest BCUT2D eigenvalue weighted by molar-refractivity contribution is 0.131. The van der Waals surface area contributed by atoms with Crippen LogP contribution in [0.3, 0.4) is 0 Å². The van der Waals surface area contributed by atoms with Crippen LogP contribution in [0.4, 0.5) is 0 Å². The van der Waals surface area contributed by atoms with Crippen LogP contribution in [0, 0.1) is 12.8 Å². The van der Waals surface area contributed by atoms with Crippen LogP contribution in [0.15, 0.2) is 29.2 Å². The summed E-state index contributed by atoms with van der Waals surface area (Å²) in [5, 5.41) is 10.8. The Morgan fingerprint density at radius 2 is 2.05 bits per heavy atom. The molecule has 114 valence electrons. The Hall–Kier alpha value is -0.950. The maximum atomic E-state index is 12.8. The van der Waals surface area contributed by atoms with Crippen LogP contribution in [-0.2, 0) is 10.0 Å². The number of fused-ring (bicyclic) bond motifs is 1. The second kappa shape index (κ2) is 5.35. The molecule has 6 heteroatoms. The Balaban J connectivity index is 1.97. The highest BCUT2D eigenvalue weighted by Gasteiger charge is 2.34. The van der Waals surface area contributed by atoms with Gasteiger partial charge in [0.1, 0.15) is 4.90 Å². The van der Waals surface area contributed by atoms with Gasteiger partial charge in [0.05, 0.1) is 6.10 Å². The third kappa shape index (κ3) is 2.73. The molecule has 1 N–H and O–H groups in total. The number of likely N-dealkylation sites (N-methyl/N-ethyl adjacent to an activating group) is 1. The summed E-state index contributed by atoms with van der Waals surface area (Å²) in [5.41, 5.74) is 0. The maximum absolute atomic E-state index is 12.8. The molecule has 0 spiro atoms. The normalized spacial score (nSPS) is 17.5. The van der Waals surface area contributed by atoms with Gasteiger partial charge in [0.15, 0.2) is 0 Å². The highest BCUT2D eigenvalue weighted by atomic mass is 32.2. The summed E-state index contributed by atoms with van der Waals surface area (Å²) in [6.07, 6.45) is 1.43. The first-order valence-corrected chi connectivity index (χ1v) is 9.29. The molecule has 21 heavy (non-hydrogen) atoms. The van der Waals surface area contributed by atoms with Gasteiger partial charge in [-0.1, -0.05) is 18.2 Å². The minimum absolute atomic E-state index is 0.163. The van der Waals surface area contributed by atoms with Crippen LogP contribution >= 0.6 is 11.3 Å². The van der Waals surface area contributed by atoms with Crippen molar-refractivity contribution < 1.29 is 13.5 Å². The fraction of sp³-hybridized carbons (Fsp3) is 0.467. The number of aliphatic hydroxyl groups excluding tert-OH is 1. The Labute approximate surface area is 129 Å². The molecular weight excluding hydrogens is 306 g/mol. The lowest BCUT2D eigenvalue weighted by Gasteiger charge is -2.20. The average molecular weight is 325 g/mol. The van der Waals surface area contributed by atoms with E-state index in [0.717, 1.165) is 27.8 Å². The van der Waals surface area contributed by atoms with Crippen LogP contribution in [0.2, 0.25) is 0 Å². The van der Waals surface area contributed by atoms with Crippen LogP contribution in [0.1, 0.15) is 17.7 Å². The van der Waals surface area contributed by atoms with Crippen LogP contribution in [0.25, 0.3) is 10.1 Å². The SMILES string of the molecule is Cc1sc2ccccc2c1S(=O)(=O)N(C)CC(O)C1CC1. The molecular formula is C15H19NO3S2. The van der Waals surface area contributed by atoms with E-state index >= 15 is 0 Å². The Morgan fingerprint density at radius 1 is 1.38 bits per heavy atom. The molecule has 1 fully saturated rings. The van der Waals surface area contributed by atoms with E-state index in [1.54, 1.807) is 7.05 Å². The van der Waals surface area contributed by atoms with Crippen LogP contribution in [0.5, 0.6) is 0 Å². The standard InChI is InChI=1S/C15H19NO3S2/c1-10-15(12-5-3-4-6-14(12)20-10)21(18,19)16(2)9-13(17)11-7-8-11/h3-6,11,13,17H,7-9H2,1-2H3. The third-order valence-corrected chi connectivity index (χ3v) is 7.22. The number of aliphatic hydroxyl groups is 1. The largest absolute Gasteiger partial charge is 0.391 e. The number of sulfonamides is 1. The molecule has 1 heterocycles. The van der Waals surface area contributed by atoms with Gasteiger partial charge in [-0.2, -0.15) is 4.31 Å². The highest BCUT2D eigenvalue weighted by molar-refractivity contribution is 7.89. The summed E-state index contributed by atoms with van der Waals surface area (Å²) in [6, 6.07) is 7.55. The van der Waals surface area contributed by atoms with Gasteiger partial charge in [-0.05, 0) is 31.7 Å². The summed E-state index contributed by atoms with van der Waals surface area (Å²) in [6.45, 7) is 2.00. The molecule has 0 radical (unpaired) electrons. The summed E-state index contributed by atoms with van der Waals surface area (Å²) < 4.78 is 27.9. The van der Waals surface area contributed by atoms with Gasteiger partial charge < -0.3 is 5.11 Å². The molecule has 1 aliphatic carbocycles. The second-order valence-electron chi connectivity index (χ2n) is 5.67. The minimum Gasteiger partial charge on any atom is -0.391 e. The van der Waals surface area contributed by atoms with Gasteiger partial charge in [0.2, 0.25) is 10.0 Å². The van der Waals surface area contributed by atoms with Gasteiger partial charge in [-0.25, -0.2) is 8.42 Å². The van der Waals surface area contributed by atoms with Crippen LogP contribution in [-0.4, -0.2) is 37.5 Å². The molecule has 0 amide bonds. The first kappa shape index (κ1) is 15.0. The fourth-order valence-corrected chi connectivity index (χ4v) is 5.56. The maximum Gasteiger partial charge on any atom is 0.244 e. The van der Waals surface area contributed by atoms with E-state index in [4.69, 9.17) is 0 Å². The zero-order valence-corrected chi connectivity index (χ0v) is 13.7. The molecule has 1 atom stereocenters. The van der Waals surface area contributed by atoms with Crippen molar-refractivity contribution in [2.24, 2.45) is 5.92 Å². The second-order valence-corrected chi connectivity index (χ2v) is 8.91. The van der Waals surface area contributed by atoms with E-state index in [9.17, 15) is 13.5 Å². The Bertz CT molecular complexity index is 762. The minimum atomic E-state index is -3.57. The molecule has 0 saturated heterocycles. The molecule has 2 aromatic rings. The molecule has 1 aliphatic rings. The molecule has 1 saturated carbocycles. The molecule has 1 unspecified atom stereocenters. The Morgan fingerprint density at radius 3 is 2.71 bits per heavy atom. The zero-order valence-electron chi connectivity index (χ0n) is 12.1. The quantitative estimate of drug-likeness (QED) is 0.919. The van der Waals surface area contributed by atoms with Gasteiger partial charge in [-0.15, -0.1) is 11.3 Å². The summed E-state index contributed by atoms with van der Waals surface area (Å²) in [4.78, 5) is 1.18. The van der Waals surface area contributed by atoms with E-state index in [1.807, 2.05) is 31.2 Å². The van der Waals surface area contributed by atoms with Gasteiger partial charge in [0.25, 0.3) is 0 Å². The third-order valence-electron chi connectivity index (χ3n) is 3.99. The van der Waals surface area contributed by atoms with E-state index < -0.39 is 16.1 Å². The van der Waals surface area contributed by atoms with Gasteiger partial charge >= 0.3 is 0 Å². The van der Waals surface area contributed by atoms with Crippen molar-refractivity contribution in [1.29, 1.82) is 0 Å². The fourth-order valence-electron chi connectivity index (χ4n) is 2.61. The number of thiophene rings is 1. The number of benzene rings is 1. The predicted molar refractivity (Wildman–Crippen MR) is 85.1 cm³/mol. The van der Waals surface area contributed by atoms with Crippen molar-refractivity contribution in [1.82, 2.24) is 4.31 Å². The lowest BCUT2D eigenvalue weighted by Crippen LogP contribution is -2.35. The number of hydrogen-bond donors (Lipinski definition) is 1. The van der Waals surface area contributed by atoms with E-state index in [0.29, 0.717) is 4.90 Å². The number of rotatable bonds is 5. The first-order valence-electron chi connectivity index (χ1n) is 7.04. The Kier molecular flexibility index (Phi) is 3.81.